The standard InChI is InChI=1S/3C10H11F7O2.Er/c3*1-7(2,3)5(18)4-6(19)8(11,12)9(13,14)10(15,16)17;/h3*4,18H,1-3H3;/b5-4+;;;. The third-order valence-corrected chi connectivity index (χ3v) is 6.29. The molecule has 28 heteroatoms. The van der Waals surface area contributed by atoms with Crippen molar-refractivity contribution in [2.24, 2.45) is 16.2 Å². The van der Waals surface area contributed by atoms with Gasteiger partial charge in [0.1, 0.15) is 17.3 Å². The molecule has 0 aromatic heterocycles. The molecule has 6 nitrogen and oxygen atoms in total. The fourth-order valence-corrected chi connectivity index (χ4v) is 2.29. The summed E-state index contributed by atoms with van der Waals surface area (Å²) >= 11 is 0. The first-order valence-corrected chi connectivity index (χ1v) is 14.5. The Labute approximate surface area is 343 Å². The van der Waals surface area contributed by atoms with Crippen LogP contribution in [0.1, 0.15) is 62.3 Å². The number of rotatable bonds is 9. The number of carbonyl (C=O) groups is 3. The van der Waals surface area contributed by atoms with Crippen LogP contribution in [0, 0.1) is 53.6 Å². The van der Waals surface area contributed by atoms with Crippen LogP contribution < -0.4 is 0 Å². The first-order chi connectivity index (χ1) is 24.1. The molecule has 0 bridgehead atoms. The molecule has 0 aromatic rings. The Morgan fingerprint density at radius 1 is 0.328 bits per heavy atom. The van der Waals surface area contributed by atoms with E-state index in [1.54, 1.807) is 0 Å². The summed E-state index contributed by atoms with van der Waals surface area (Å²) < 4.78 is 258. The minimum Gasteiger partial charge on any atom is -0.512 e. The van der Waals surface area contributed by atoms with Gasteiger partial charge in [0.25, 0.3) is 0 Å². The summed E-state index contributed by atoms with van der Waals surface area (Å²) in [4.78, 5) is 32.5. The number of hydrogen-bond donors (Lipinski definition) is 3. The van der Waals surface area contributed by atoms with E-state index in [4.69, 9.17) is 15.3 Å². The maximum Gasteiger partial charge on any atom is 0.460 e. The maximum absolute atomic E-state index is 12.9. The minimum absolute atomic E-state index is 0. The number of allylic oxidation sites excluding steroid dienone is 6. The number of halogens is 21. The average molecular weight is 1060 g/mol. The quantitative estimate of drug-likeness (QED) is 0.120. The summed E-state index contributed by atoms with van der Waals surface area (Å²) in [5.41, 5.74) is -3.75. The van der Waals surface area contributed by atoms with E-state index in [0.29, 0.717) is 0 Å². The van der Waals surface area contributed by atoms with Gasteiger partial charge in [-0.2, -0.15) is 92.2 Å². The maximum atomic E-state index is 12.9. The first-order valence-electron chi connectivity index (χ1n) is 14.5. The summed E-state index contributed by atoms with van der Waals surface area (Å²) in [6.45, 7) is 11.2. The Balaban J connectivity index is -0.000000374. The molecule has 0 unspecified atom stereocenters. The Morgan fingerprint density at radius 2 is 0.448 bits per heavy atom. The van der Waals surface area contributed by atoms with E-state index in [1.807, 2.05) is 0 Å². The summed E-state index contributed by atoms with van der Waals surface area (Å²) in [5.74, 6) is -49.1. The van der Waals surface area contributed by atoms with E-state index < -0.39 is 105 Å². The van der Waals surface area contributed by atoms with Gasteiger partial charge in [0, 0.05) is 71.8 Å². The monoisotopic (exact) mass is 1050 g/mol. The third kappa shape index (κ3) is 14.8. The van der Waals surface area contributed by atoms with Crippen molar-refractivity contribution in [3.8, 4) is 0 Å². The van der Waals surface area contributed by atoms with Crippen molar-refractivity contribution in [1.82, 2.24) is 0 Å². The summed E-state index contributed by atoms with van der Waals surface area (Å²) in [7, 11) is 0. The normalized spacial score (nSPS) is 15.3. The van der Waals surface area contributed by atoms with Gasteiger partial charge in [-0.05, 0) is 0 Å². The molecule has 0 aliphatic carbocycles. The topological polar surface area (TPSA) is 112 Å². The van der Waals surface area contributed by atoms with Gasteiger partial charge in [-0.15, -0.1) is 0 Å². The Kier molecular flexibility index (Phi) is 20.3. The van der Waals surface area contributed by atoms with Gasteiger partial charge in [0.15, 0.2) is 0 Å². The zero-order chi connectivity index (χ0) is 47.6. The SMILES string of the molecule is CC(C)(C)/C(O)=C\C(=O)C(F)(F)C(F)(F)C(F)(F)F.CC(C)(C)C(O)=CC(=O)C(F)(F)C(F)(F)C(F)(F)F.CC(C)(C)C(O)=CC(=O)C(F)(F)C(F)(F)C(F)(F)F.[Er]. The second-order valence-electron chi connectivity index (χ2n) is 14.4. The fraction of sp³-hybridized carbons (Fsp3) is 0.700. The molecule has 58 heavy (non-hydrogen) atoms. The third-order valence-electron chi connectivity index (χ3n) is 6.29. The van der Waals surface area contributed by atoms with Gasteiger partial charge in [-0.25, -0.2) is 0 Å². The van der Waals surface area contributed by atoms with Crippen LogP contribution in [0.15, 0.2) is 35.5 Å². The Hall–Kier alpha value is -2.59. The van der Waals surface area contributed by atoms with Crippen molar-refractivity contribution in [3.05, 3.63) is 35.5 Å². The van der Waals surface area contributed by atoms with Crippen LogP contribution in [0.2, 0.25) is 0 Å². The van der Waals surface area contributed by atoms with E-state index in [9.17, 15) is 107 Å². The van der Waals surface area contributed by atoms with Crippen molar-refractivity contribution in [1.29, 1.82) is 0 Å². The van der Waals surface area contributed by atoms with Gasteiger partial charge in [-0.1, -0.05) is 62.3 Å². The molecular formula is C30H33ErF21O6. The van der Waals surface area contributed by atoms with E-state index >= 15 is 0 Å². The summed E-state index contributed by atoms with van der Waals surface area (Å²) in [6.07, 6.45) is -20.7. The number of alkyl halides is 21. The summed E-state index contributed by atoms with van der Waals surface area (Å²) in [5, 5.41) is 27.5. The number of aliphatic hydroxyl groups is 3. The van der Waals surface area contributed by atoms with Gasteiger partial charge in [0.2, 0.25) is 17.3 Å². The van der Waals surface area contributed by atoms with Crippen molar-refractivity contribution in [3.63, 3.8) is 0 Å². The van der Waals surface area contributed by atoms with E-state index in [2.05, 4.69) is 0 Å². The van der Waals surface area contributed by atoms with Crippen LogP contribution in [0.5, 0.6) is 0 Å². The van der Waals surface area contributed by atoms with Crippen LogP contribution in [0.25, 0.3) is 0 Å². The van der Waals surface area contributed by atoms with Crippen LogP contribution in [0.3, 0.4) is 0 Å². The largest absolute Gasteiger partial charge is 0.512 e. The summed E-state index contributed by atoms with van der Waals surface area (Å²) in [6, 6.07) is 0. The van der Waals surface area contributed by atoms with Crippen LogP contribution in [-0.4, -0.2) is 86.7 Å². The first kappa shape index (κ1) is 62.1. The molecule has 0 fully saturated rings. The number of ketones is 3. The molecule has 0 saturated heterocycles. The second kappa shape index (κ2) is 19.0. The number of aliphatic hydroxyl groups excluding tert-OH is 3. The van der Waals surface area contributed by atoms with Crippen molar-refractivity contribution < 1.29 is 159 Å². The molecule has 0 aromatic carbocycles. The number of hydrogen-bond acceptors (Lipinski definition) is 6. The van der Waals surface area contributed by atoms with Crippen molar-refractivity contribution in [2.45, 2.75) is 116 Å². The van der Waals surface area contributed by atoms with Gasteiger partial charge in [-0.3, -0.25) is 14.4 Å². The second-order valence-corrected chi connectivity index (χ2v) is 14.4. The predicted octanol–water partition coefficient (Wildman–Crippen LogP) is 11.6. The van der Waals surface area contributed by atoms with E-state index in [0.717, 1.165) is 0 Å². The van der Waals surface area contributed by atoms with Crippen LogP contribution in [0.4, 0.5) is 92.2 Å². The molecule has 0 spiro atoms. The molecule has 3 N–H and O–H groups in total. The van der Waals surface area contributed by atoms with Crippen LogP contribution >= 0.6 is 0 Å². The molecule has 348 valence electrons. The zero-order valence-corrected chi connectivity index (χ0v) is 32.4. The molecule has 0 radical (unpaired) electrons. The minimum atomic E-state index is -6.59. The molecule has 0 amide bonds. The van der Waals surface area contributed by atoms with Crippen molar-refractivity contribution >= 4 is 17.3 Å². The van der Waals surface area contributed by atoms with E-state index in [-0.39, 0.29) is 55.5 Å². The molecule has 0 rings (SSSR count). The average Bonchev–Trinajstić information content (AvgIpc) is 2.93. The van der Waals surface area contributed by atoms with Crippen LogP contribution in [-0.2, 0) is 14.4 Å². The van der Waals surface area contributed by atoms with Gasteiger partial charge < -0.3 is 15.3 Å². The zero-order valence-electron chi connectivity index (χ0n) is 30.5. The fourth-order valence-electron chi connectivity index (χ4n) is 2.29. The Morgan fingerprint density at radius 3 is 0.534 bits per heavy atom. The van der Waals surface area contributed by atoms with E-state index in [1.165, 1.54) is 62.3 Å². The molecule has 0 atom stereocenters. The smallest absolute Gasteiger partial charge is 0.460 e. The van der Waals surface area contributed by atoms with Gasteiger partial charge >= 0.3 is 54.1 Å². The molecule has 0 aliphatic rings. The predicted molar refractivity (Wildman–Crippen MR) is 153 cm³/mol. The number of carbonyl (C=O) groups excluding carboxylic acids is 3. The molecule has 0 aliphatic heterocycles. The molecule has 0 saturated carbocycles. The Bertz CT molecular complexity index is 1350. The molecular weight excluding hydrogens is 1020 g/mol. The van der Waals surface area contributed by atoms with Crippen molar-refractivity contribution in [2.75, 3.05) is 0 Å². The molecule has 0 heterocycles. The van der Waals surface area contributed by atoms with Gasteiger partial charge in [0.05, 0.1) is 0 Å².